The van der Waals surface area contributed by atoms with E-state index >= 15 is 0 Å². The number of hydrogen-bond acceptors (Lipinski definition) is 5. The molecule has 0 unspecified atom stereocenters. The number of carbonyl (C=O) groups is 2. The molecule has 2 atom stereocenters. The molecule has 2 aromatic rings. The Hall–Kier alpha value is -2.25. The van der Waals surface area contributed by atoms with Crippen LogP contribution < -0.4 is 0 Å². The topological polar surface area (TPSA) is 62.7 Å². The van der Waals surface area contributed by atoms with E-state index in [0.29, 0.717) is 45.2 Å². The highest BCUT2D eigenvalue weighted by atomic mass is 32.1. The Morgan fingerprint density at radius 1 is 1.13 bits per heavy atom. The van der Waals surface area contributed by atoms with Gasteiger partial charge in [0.15, 0.2) is 0 Å². The summed E-state index contributed by atoms with van der Waals surface area (Å²) in [7, 11) is 0. The Balaban J connectivity index is 1.45. The van der Waals surface area contributed by atoms with Crippen molar-refractivity contribution in [3.05, 3.63) is 41.4 Å². The number of benzene rings is 1. The van der Waals surface area contributed by atoms with Gasteiger partial charge < -0.3 is 14.5 Å². The summed E-state index contributed by atoms with van der Waals surface area (Å²) in [5.41, 5.74) is 1.87. The van der Waals surface area contributed by atoms with Gasteiger partial charge in [0.05, 0.1) is 31.4 Å². The zero-order valence-corrected chi connectivity index (χ0v) is 18.4. The van der Waals surface area contributed by atoms with Gasteiger partial charge >= 0.3 is 0 Å². The van der Waals surface area contributed by atoms with Gasteiger partial charge in [-0.2, -0.15) is 0 Å². The summed E-state index contributed by atoms with van der Waals surface area (Å²) >= 11 is 1.57. The van der Waals surface area contributed by atoms with Crippen molar-refractivity contribution in [3.63, 3.8) is 0 Å². The number of thiazole rings is 1. The third-order valence-electron chi connectivity index (χ3n) is 5.63. The van der Waals surface area contributed by atoms with Gasteiger partial charge in [-0.05, 0) is 5.92 Å². The van der Waals surface area contributed by atoms with Crippen molar-refractivity contribution >= 4 is 23.2 Å². The van der Waals surface area contributed by atoms with Gasteiger partial charge in [-0.15, -0.1) is 11.3 Å². The van der Waals surface area contributed by atoms with Crippen molar-refractivity contribution in [3.8, 4) is 10.6 Å². The van der Waals surface area contributed by atoms with Crippen molar-refractivity contribution in [1.82, 2.24) is 14.8 Å². The first kappa shape index (κ1) is 21.0. The Morgan fingerprint density at radius 2 is 1.93 bits per heavy atom. The third kappa shape index (κ3) is 4.90. The minimum Gasteiger partial charge on any atom is -0.379 e. The average Bonchev–Trinajstić information content (AvgIpc) is 2.96. The van der Waals surface area contributed by atoms with Gasteiger partial charge in [-0.25, -0.2) is 4.98 Å². The number of fused-ring (bicyclic) bond motifs is 3. The van der Waals surface area contributed by atoms with Crippen LogP contribution in [0, 0.1) is 11.8 Å². The maximum Gasteiger partial charge on any atom is 0.229 e. The Kier molecular flexibility index (Phi) is 6.49. The molecule has 2 saturated heterocycles. The second kappa shape index (κ2) is 9.27. The normalized spacial score (nSPS) is 21.6. The molecule has 160 valence electrons. The van der Waals surface area contributed by atoms with Crippen LogP contribution in [0.15, 0.2) is 35.7 Å². The molecule has 2 bridgehead atoms. The van der Waals surface area contributed by atoms with Gasteiger partial charge in [0.1, 0.15) is 5.01 Å². The van der Waals surface area contributed by atoms with Crippen LogP contribution in [0.2, 0.25) is 0 Å². The fourth-order valence-corrected chi connectivity index (χ4v) is 5.01. The first-order chi connectivity index (χ1) is 14.5. The van der Waals surface area contributed by atoms with Crippen LogP contribution in [0.4, 0.5) is 0 Å². The highest BCUT2D eigenvalue weighted by molar-refractivity contribution is 7.13. The smallest absolute Gasteiger partial charge is 0.229 e. The molecule has 0 N–H and O–H groups in total. The molecule has 2 fully saturated rings. The van der Waals surface area contributed by atoms with Crippen LogP contribution in [0.25, 0.3) is 10.6 Å². The second-order valence-electron chi connectivity index (χ2n) is 8.69. The van der Waals surface area contributed by atoms with Crippen LogP contribution in [-0.2, 0) is 20.7 Å². The maximum atomic E-state index is 13.2. The number of aromatic nitrogens is 1. The fraction of sp³-hybridized carbons (Fsp3) is 0.522. The molecule has 0 radical (unpaired) electrons. The quantitative estimate of drug-likeness (QED) is 0.736. The van der Waals surface area contributed by atoms with Gasteiger partial charge in [0.25, 0.3) is 0 Å². The van der Waals surface area contributed by atoms with Crippen LogP contribution in [0.5, 0.6) is 0 Å². The Bertz CT molecular complexity index is 883. The molecule has 6 nitrogen and oxygen atoms in total. The molecule has 7 heteroatoms. The SMILES string of the molecule is CC(C)CC(=O)N1C[C@@H]2COC[C@H](C1)N(C(=O)Cc1csc(-c3ccccc3)n1)C2. The van der Waals surface area contributed by atoms with E-state index in [0.717, 1.165) is 16.3 Å². The van der Waals surface area contributed by atoms with Crippen molar-refractivity contribution in [2.45, 2.75) is 32.7 Å². The summed E-state index contributed by atoms with van der Waals surface area (Å²) in [5.74, 6) is 0.743. The van der Waals surface area contributed by atoms with E-state index in [4.69, 9.17) is 4.74 Å². The fourth-order valence-electron chi connectivity index (χ4n) is 4.19. The van der Waals surface area contributed by atoms with Crippen LogP contribution in [-0.4, -0.2) is 65.5 Å². The average molecular weight is 428 g/mol. The minimum absolute atomic E-state index is 0.0681. The van der Waals surface area contributed by atoms with Crippen LogP contribution in [0.3, 0.4) is 0 Å². The summed E-state index contributed by atoms with van der Waals surface area (Å²) < 4.78 is 5.82. The second-order valence-corrected chi connectivity index (χ2v) is 9.54. The molecule has 0 spiro atoms. The third-order valence-corrected chi connectivity index (χ3v) is 6.57. The molecule has 1 aromatic carbocycles. The first-order valence-electron chi connectivity index (χ1n) is 10.6. The lowest BCUT2D eigenvalue weighted by Crippen LogP contribution is -2.48. The van der Waals surface area contributed by atoms with E-state index < -0.39 is 0 Å². The van der Waals surface area contributed by atoms with Gasteiger partial charge in [-0.3, -0.25) is 9.59 Å². The summed E-state index contributed by atoms with van der Waals surface area (Å²) in [6.07, 6.45) is 0.835. The highest BCUT2D eigenvalue weighted by Crippen LogP contribution is 2.25. The molecule has 30 heavy (non-hydrogen) atoms. The van der Waals surface area contributed by atoms with Crippen molar-refractivity contribution < 1.29 is 14.3 Å². The number of amides is 2. The molecule has 0 saturated carbocycles. The van der Waals surface area contributed by atoms with E-state index in [9.17, 15) is 9.59 Å². The molecule has 0 aliphatic carbocycles. The standard InChI is InChI=1S/C23H29N3O3S/c1-16(2)8-21(27)25-10-17-11-26(20(12-25)14-29-13-17)22(28)9-19-15-30-23(24-19)18-6-4-3-5-7-18/h3-7,15-17,20H,8-14H2,1-2H3/t17-,20-/m0/s1. The molecular formula is C23H29N3O3S. The number of nitrogens with zero attached hydrogens (tertiary/aromatic N) is 3. The predicted octanol–water partition coefficient (Wildman–Crippen LogP) is 3.08. The molecule has 4 rings (SSSR count). The number of ether oxygens (including phenoxy) is 1. The molecular weight excluding hydrogens is 398 g/mol. The Morgan fingerprint density at radius 3 is 2.70 bits per heavy atom. The lowest BCUT2D eigenvalue weighted by molar-refractivity contribution is -0.137. The van der Waals surface area contributed by atoms with Crippen LogP contribution in [0.1, 0.15) is 26.0 Å². The van der Waals surface area contributed by atoms with Crippen molar-refractivity contribution in [1.29, 1.82) is 0 Å². The molecule has 2 aliphatic heterocycles. The predicted molar refractivity (Wildman–Crippen MR) is 117 cm³/mol. The van der Waals surface area contributed by atoms with Crippen molar-refractivity contribution in [2.24, 2.45) is 11.8 Å². The summed E-state index contributed by atoms with van der Waals surface area (Å²) in [5, 5.41) is 2.90. The van der Waals surface area contributed by atoms with E-state index in [1.54, 1.807) is 11.3 Å². The zero-order chi connectivity index (χ0) is 21.1. The van der Waals surface area contributed by atoms with E-state index in [1.807, 2.05) is 45.5 Å². The van der Waals surface area contributed by atoms with Gasteiger partial charge in [0, 0.05) is 42.9 Å². The first-order valence-corrected chi connectivity index (χ1v) is 11.5. The largest absolute Gasteiger partial charge is 0.379 e. The maximum absolute atomic E-state index is 13.2. The lowest BCUT2D eigenvalue weighted by atomic mass is 10.1. The molecule has 3 heterocycles. The van der Waals surface area contributed by atoms with E-state index in [-0.39, 0.29) is 30.2 Å². The summed E-state index contributed by atoms with van der Waals surface area (Å²) in [6.45, 7) is 7.08. The zero-order valence-electron chi connectivity index (χ0n) is 17.6. The molecule has 2 aliphatic rings. The minimum atomic E-state index is -0.0895. The van der Waals surface area contributed by atoms with Crippen molar-refractivity contribution in [2.75, 3.05) is 32.8 Å². The molecule has 1 aromatic heterocycles. The van der Waals surface area contributed by atoms with E-state index in [1.165, 1.54) is 0 Å². The van der Waals surface area contributed by atoms with Gasteiger partial charge in [0.2, 0.25) is 11.8 Å². The van der Waals surface area contributed by atoms with Crippen LogP contribution >= 0.6 is 11.3 Å². The monoisotopic (exact) mass is 427 g/mol. The highest BCUT2D eigenvalue weighted by Gasteiger charge is 2.37. The van der Waals surface area contributed by atoms with Gasteiger partial charge in [-0.1, -0.05) is 44.2 Å². The van der Waals surface area contributed by atoms with E-state index in [2.05, 4.69) is 18.8 Å². The number of hydrogen-bond donors (Lipinski definition) is 0. The summed E-state index contributed by atoms with van der Waals surface area (Å²) in [6, 6.07) is 9.94. The number of carbonyl (C=O) groups excluding carboxylic acids is 2. The lowest BCUT2D eigenvalue weighted by Gasteiger charge is -2.31. The number of rotatable bonds is 5. The summed E-state index contributed by atoms with van der Waals surface area (Å²) in [4.78, 5) is 34.4. The molecule has 2 amide bonds. The Labute approximate surface area is 181 Å².